The zero-order chi connectivity index (χ0) is 25.2. The number of carbonyl (C=O) groups is 2. The topological polar surface area (TPSA) is 96.3 Å². The normalized spacial score (nSPS) is 13.8. The Morgan fingerprint density at radius 1 is 1.09 bits per heavy atom. The van der Waals surface area contributed by atoms with Gasteiger partial charge in [-0.2, -0.15) is 9.78 Å². The highest BCUT2D eigenvalue weighted by atomic mass is 16.3. The zero-order valence-electron chi connectivity index (χ0n) is 20.9. The van der Waals surface area contributed by atoms with Crippen molar-refractivity contribution in [2.45, 2.75) is 64.7 Å². The van der Waals surface area contributed by atoms with E-state index in [-0.39, 0.29) is 23.1 Å². The molecule has 2 amide bonds. The number of carbonyl (C=O) groups excluding carboxylic acids is 2. The Morgan fingerprint density at radius 3 is 2.37 bits per heavy atom. The van der Waals surface area contributed by atoms with E-state index in [4.69, 9.17) is 0 Å². The minimum Gasteiger partial charge on any atom is -0.507 e. The summed E-state index contributed by atoms with van der Waals surface area (Å²) >= 11 is 0. The minimum atomic E-state index is -0.249. The van der Waals surface area contributed by atoms with E-state index in [1.165, 1.54) is 10.7 Å². The van der Waals surface area contributed by atoms with Gasteiger partial charge in [-0.1, -0.05) is 46.2 Å². The summed E-state index contributed by atoms with van der Waals surface area (Å²) < 4.78 is 1.44. The average molecular weight is 475 g/mol. The standard InChI is InChI=1S/C28H34N4O3/c1-5-15-29-27(35)32-24(18-7-6-8-18)17-23(31-32)22-14-13-21(16-25(22)33)30-26(34)19-9-11-20(12-10-19)28(2,3)4/h9-14,16-18,33H,5-8,15H2,1-4H3,(H,29,35)(H,30,34). The number of hydrogen-bond acceptors (Lipinski definition) is 4. The summed E-state index contributed by atoms with van der Waals surface area (Å²) in [6, 6.07) is 14.1. The van der Waals surface area contributed by atoms with Crippen LogP contribution in [0.2, 0.25) is 0 Å². The van der Waals surface area contributed by atoms with Crippen molar-refractivity contribution in [1.82, 2.24) is 15.1 Å². The van der Waals surface area contributed by atoms with Crippen LogP contribution in [-0.4, -0.2) is 33.4 Å². The molecule has 184 valence electrons. The fourth-order valence-corrected chi connectivity index (χ4v) is 4.14. The van der Waals surface area contributed by atoms with E-state index < -0.39 is 0 Å². The molecule has 7 heteroatoms. The molecule has 4 rings (SSSR count). The first-order valence-electron chi connectivity index (χ1n) is 12.3. The monoisotopic (exact) mass is 474 g/mol. The highest BCUT2D eigenvalue weighted by molar-refractivity contribution is 6.04. The Labute approximate surface area is 206 Å². The maximum absolute atomic E-state index is 12.7. The van der Waals surface area contributed by atoms with Crippen molar-refractivity contribution in [2.75, 3.05) is 11.9 Å². The van der Waals surface area contributed by atoms with Crippen LogP contribution in [0, 0.1) is 0 Å². The number of phenolic OH excluding ortho intramolecular Hbond substituents is 1. The maximum atomic E-state index is 12.7. The number of anilines is 1. The Hall–Kier alpha value is -3.61. The van der Waals surface area contributed by atoms with Gasteiger partial charge in [-0.3, -0.25) is 4.79 Å². The largest absolute Gasteiger partial charge is 0.507 e. The van der Waals surface area contributed by atoms with Gasteiger partial charge in [-0.25, -0.2) is 4.79 Å². The third-order valence-corrected chi connectivity index (χ3v) is 6.52. The van der Waals surface area contributed by atoms with Crippen LogP contribution >= 0.6 is 0 Å². The van der Waals surface area contributed by atoms with E-state index in [9.17, 15) is 14.7 Å². The molecule has 3 aromatic rings. The van der Waals surface area contributed by atoms with Crippen LogP contribution in [0.4, 0.5) is 10.5 Å². The first kappa shape index (κ1) is 24.5. The van der Waals surface area contributed by atoms with Gasteiger partial charge in [0.15, 0.2) is 0 Å². The number of nitrogens with zero attached hydrogens (tertiary/aromatic N) is 2. The second-order valence-corrected chi connectivity index (χ2v) is 10.2. The molecule has 0 aliphatic heterocycles. The molecule has 0 saturated heterocycles. The number of phenols is 1. The van der Waals surface area contributed by atoms with E-state index in [1.54, 1.807) is 12.1 Å². The smallest absolute Gasteiger partial charge is 0.342 e. The van der Waals surface area contributed by atoms with Gasteiger partial charge in [0, 0.05) is 35.3 Å². The van der Waals surface area contributed by atoms with Crippen LogP contribution in [0.1, 0.15) is 80.9 Å². The molecule has 0 bridgehead atoms. The molecular weight excluding hydrogens is 440 g/mol. The van der Waals surface area contributed by atoms with Crippen LogP contribution in [0.15, 0.2) is 48.5 Å². The summed E-state index contributed by atoms with van der Waals surface area (Å²) in [6.45, 7) is 8.96. The lowest BCUT2D eigenvalue weighted by molar-refractivity contribution is 0.102. The number of aromatic nitrogens is 2. The number of nitrogens with one attached hydrogen (secondary N) is 2. The Balaban J connectivity index is 1.53. The molecular formula is C28H34N4O3. The summed E-state index contributed by atoms with van der Waals surface area (Å²) in [6.07, 6.45) is 4.04. The van der Waals surface area contributed by atoms with Crippen molar-refractivity contribution in [3.05, 3.63) is 65.4 Å². The average Bonchev–Trinajstić information content (AvgIpc) is 3.20. The summed E-state index contributed by atoms with van der Waals surface area (Å²) in [7, 11) is 0. The second kappa shape index (κ2) is 9.94. The lowest BCUT2D eigenvalue weighted by atomic mass is 9.82. The van der Waals surface area contributed by atoms with Crippen molar-refractivity contribution >= 4 is 17.6 Å². The Kier molecular flexibility index (Phi) is 6.96. The van der Waals surface area contributed by atoms with Crippen molar-refractivity contribution in [3.8, 4) is 17.0 Å². The molecule has 1 aliphatic rings. The van der Waals surface area contributed by atoms with E-state index in [1.807, 2.05) is 37.3 Å². The predicted molar refractivity (Wildman–Crippen MR) is 138 cm³/mol. The van der Waals surface area contributed by atoms with Gasteiger partial charge >= 0.3 is 6.03 Å². The number of amides is 2. The maximum Gasteiger partial charge on any atom is 0.342 e. The predicted octanol–water partition coefficient (Wildman–Crippen LogP) is 6.04. The summed E-state index contributed by atoms with van der Waals surface area (Å²) in [5, 5.41) is 21.0. The first-order valence-corrected chi connectivity index (χ1v) is 12.3. The van der Waals surface area contributed by atoms with Crippen molar-refractivity contribution in [2.24, 2.45) is 0 Å². The summed E-state index contributed by atoms with van der Waals surface area (Å²) in [5.74, 6) is 0.0420. The van der Waals surface area contributed by atoms with Crippen LogP contribution in [-0.2, 0) is 5.41 Å². The van der Waals surface area contributed by atoms with Crippen molar-refractivity contribution < 1.29 is 14.7 Å². The van der Waals surface area contributed by atoms with Gasteiger partial charge in [0.2, 0.25) is 0 Å². The molecule has 0 unspecified atom stereocenters. The molecule has 0 radical (unpaired) electrons. The molecule has 1 heterocycles. The van der Waals surface area contributed by atoms with Crippen molar-refractivity contribution in [3.63, 3.8) is 0 Å². The molecule has 2 aromatic carbocycles. The summed E-state index contributed by atoms with van der Waals surface area (Å²) in [5.41, 5.74) is 4.11. The zero-order valence-corrected chi connectivity index (χ0v) is 20.9. The van der Waals surface area contributed by atoms with Gasteiger partial charge in [0.1, 0.15) is 5.75 Å². The number of hydrogen-bond donors (Lipinski definition) is 3. The highest BCUT2D eigenvalue weighted by Crippen LogP contribution is 2.39. The van der Waals surface area contributed by atoms with Crippen LogP contribution in [0.3, 0.4) is 0 Å². The van der Waals surface area contributed by atoms with Gasteiger partial charge < -0.3 is 15.7 Å². The lowest BCUT2D eigenvalue weighted by Crippen LogP contribution is -2.32. The van der Waals surface area contributed by atoms with Crippen LogP contribution in [0.5, 0.6) is 5.75 Å². The number of aromatic hydroxyl groups is 1. The molecule has 1 fully saturated rings. The van der Waals surface area contributed by atoms with E-state index in [2.05, 4.69) is 36.5 Å². The summed E-state index contributed by atoms with van der Waals surface area (Å²) in [4.78, 5) is 25.4. The molecule has 35 heavy (non-hydrogen) atoms. The van der Waals surface area contributed by atoms with E-state index in [0.717, 1.165) is 36.9 Å². The molecule has 0 spiro atoms. The SMILES string of the molecule is CCCNC(=O)n1nc(-c2ccc(NC(=O)c3ccc(C(C)(C)C)cc3)cc2O)cc1C1CCC1. The molecule has 1 aromatic heterocycles. The molecule has 3 N–H and O–H groups in total. The minimum absolute atomic E-state index is 0.00958. The Morgan fingerprint density at radius 2 is 1.80 bits per heavy atom. The van der Waals surface area contributed by atoms with Gasteiger partial charge in [-0.05, 0) is 60.6 Å². The van der Waals surface area contributed by atoms with Crippen LogP contribution < -0.4 is 10.6 Å². The third-order valence-electron chi connectivity index (χ3n) is 6.52. The number of rotatable bonds is 6. The third kappa shape index (κ3) is 5.39. The van der Waals surface area contributed by atoms with E-state index in [0.29, 0.717) is 35.0 Å². The van der Waals surface area contributed by atoms with Gasteiger partial charge in [0.25, 0.3) is 5.91 Å². The first-order chi connectivity index (χ1) is 16.7. The fourth-order valence-electron chi connectivity index (χ4n) is 4.14. The molecule has 0 atom stereocenters. The fraction of sp³-hybridized carbons (Fsp3) is 0.393. The van der Waals surface area contributed by atoms with Crippen LogP contribution in [0.25, 0.3) is 11.3 Å². The highest BCUT2D eigenvalue weighted by Gasteiger charge is 2.27. The van der Waals surface area contributed by atoms with Gasteiger partial charge in [0.05, 0.1) is 11.4 Å². The Bertz CT molecular complexity index is 1220. The quantitative estimate of drug-likeness (QED) is 0.406. The van der Waals surface area contributed by atoms with Gasteiger partial charge in [-0.15, -0.1) is 0 Å². The molecule has 1 saturated carbocycles. The number of benzene rings is 2. The van der Waals surface area contributed by atoms with Crippen molar-refractivity contribution in [1.29, 1.82) is 0 Å². The lowest BCUT2D eigenvalue weighted by Gasteiger charge is -2.25. The second-order valence-electron chi connectivity index (χ2n) is 10.2. The van der Waals surface area contributed by atoms with E-state index >= 15 is 0 Å². The molecule has 1 aliphatic carbocycles. The molecule has 7 nitrogen and oxygen atoms in total.